The van der Waals surface area contributed by atoms with Crippen LogP contribution in [0.2, 0.25) is 0 Å². The van der Waals surface area contributed by atoms with Crippen molar-refractivity contribution >= 4 is 18.3 Å². The number of hydrogen-bond acceptors (Lipinski definition) is 2. The Hall–Kier alpha value is -1.06. The van der Waals surface area contributed by atoms with Crippen molar-refractivity contribution in [1.82, 2.24) is 10.2 Å². The van der Waals surface area contributed by atoms with Gasteiger partial charge in [-0.05, 0) is 57.3 Å². The van der Waals surface area contributed by atoms with E-state index in [0.29, 0.717) is 0 Å². The van der Waals surface area contributed by atoms with Gasteiger partial charge in [-0.25, -0.2) is 0 Å². The zero-order chi connectivity index (χ0) is 13.1. The van der Waals surface area contributed by atoms with E-state index < -0.39 is 0 Å². The third-order valence-electron chi connectivity index (χ3n) is 4.65. The zero-order valence-electron chi connectivity index (χ0n) is 11.8. The molecule has 0 unspecified atom stereocenters. The van der Waals surface area contributed by atoms with Crippen molar-refractivity contribution in [3.63, 3.8) is 0 Å². The van der Waals surface area contributed by atoms with Gasteiger partial charge in [-0.1, -0.05) is 18.2 Å². The fourth-order valence-electron chi connectivity index (χ4n) is 3.56. The van der Waals surface area contributed by atoms with Crippen molar-refractivity contribution in [1.29, 1.82) is 0 Å². The van der Waals surface area contributed by atoms with Gasteiger partial charge in [-0.15, -0.1) is 12.4 Å². The third-order valence-corrected chi connectivity index (χ3v) is 4.65. The Kier molecular flexibility index (Phi) is 5.06. The van der Waals surface area contributed by atoms with E-state index in [-0.39, 0.29) is 23.9 Å². The topological polar surface area (TPSA) is 32.3 Å². The van der Waals surface area contributed by atoms with E-state index in [1.807, 2.05) is 30.3 Å². The summed E-state index contributed by atoms with van der Waals surface area (Å²) in [4.78, 5) is 15.0. The molecule has 3 rings (SSSR count). The number of carbonyl (C=O) groups is 1. The normalized spacial score (nSPS) is 21.3. The highest BCUT2D eigenvalue weighted by Gasteiger charge is 2.42. The fraction of sp³-hybridized carbons (Fsp3) is 0.562. The predicted octanol–water partition coefficient (Wildman–Crippen LogP) is 2.86. The number of likely N-dealkylation sites (tertiary alicyclic amines) is 1. The van der Waals surface area contributed by atoms with Gasteiger partial charge in [-0.2, -0.15) is 0 Å². The molecule has 2 aliphatic heterocycles. The molecule has 2 fully saturated rings. The second kappa shape index (κ2) is 6.59. The molecule has 2 saturated heterocycles. The number of rotatable bonds is 1. The number of carbonyl (C=O) groups excluding carboxylic acids is 1. The molecule has 0 radical (unpaired) electrons. The molecule has 0 bridgehead atoms. The smallest absolute Gasteiger partial charge is 0.254 e. The number of amides is 1. The number of nitrogens with zero attached hydrogens (tertiary/aromatic N) is 1. The van der Waals surface area contributed by atoms with Crippen molar-refractivity contribution in [3.05, 3.63) is 35.9 Å². The second-order valence-corrected chi connectivity index (χ2v) is 5.75. The summed E-state index contributed by atoms with van der Waals surface area (Å²) in [5, 5.41) is 3.42. The molecule has 2 aliphatic rings. The number of nitrogens with one attached hydrogen (secondary N) is 1. The van der Waals surface area contributed by atoms with Crippen LogP contribution in [0, 0.1) is 0 Å². The van der Waals surface area contributed by atoms with Crippen LogP contribution in [0.4, 0.5) is 0 Å². The van der Waals surface area contributed by atoms with Crippen LogP contribution in [0.3, 0.4) is 0 Å². The van der Waals surface area contributed by atoms with E-state index in [1.54, 1.807) is 0 Å². The van der Waals surface area contributed by atoms with Crippen molar-refractivity contribution in [2.24, 2.45) is 0 Å². The van der Waals surface area contributed by atoms with Gasteiger partial charge in [0.2, 0.25) is 0 Å². The van der Waals surface area contributed by atoms with Crippen LogP contribution in [0.25, 0.3) is 0 Å². The van der Waals surface area contributed by atoms with Crippen molar-refractivity contribution < 1.29 is 4.79 Å². The fourth-order valence-corrected chi connectivity index (χ4v) is 3.56. The van der Waals surface area contributed by atoms with Gasteiger partial charge in [0.1, 0.15) is 0 Å². The minimum Gasteiger partial charge on any atom is -0.333 e. The van der Waals surface area contributed by atoms with E-state index in [4.69, 9.17) is 0 Å². The number of piperidine rings is 2. The maximum absolute atomic E-state index is 12.8. The maximum atomic E-state index is 12.8. The first-order valence-corrected chi connectivity index (χ1v) is 7.40. The molecule has 110 valence electrons. The van der Waals surface area contributed by atoms with Crippen molar-refractivity contribution in [2.45, 2.75) is 37.6 Å². The zero-order valence-corrected chi connectivity index (χ0v) is 12.6. The Morgan fingerprint density at radius 2 is 1.75 bits per heavy atom. The lowest BCUT2D eigenvalue weighted by Gasteiger charge is -2.49. The van der Waals surface area contributed by atoms with Crippen LogP contribution in [0.1, 0.15) is 42.5 Å². The van der Waals surface area contributed by atoms with Gasteiger partial charge in [-0.3, -0.25) is 4.79 Å². The molecule has 0 aliphatic carbocycles. The summed E-state index contributed by atoms with van der Waals surface area (Å²) >= 11 is 0. The summed E-state index contributed by atoms with van der Waals surface area (Å²) in [7, 11) is 0. The van der Waals surface area contributed by atoms with Crippen LogP contribution in [0.5, 0.6) is 0 Å². The highest BCUT2D eigenvalue weighted by Crippen LogP contribution is 2.36. The summed E-state index contributed by atoms with van der Waals surface area (Å²) in [5.41, 5.74) is 0.957. The number of benzene rings is 1. The molecule has 1 aromatic rings. The van der Waals surface area contributed by atoms with E-state index in [1.165, 1.54) is 12.8 Å². The minimum atomic E-state index is 0. The highest BCUT2D eigenvalue weighted by molar-refractivity contribution is 5.94. The van der Waals surface area contributed by atoms with E-state index in [9.17, 15) is 4.79 Å². The molecule has 1 aromatic carbocycles. The largest absolute Gasteiger partial charge is 0.333 e. The Balaban J connectivity index is 0.00000147. The molecular weight excluding hydrogens is 272 g/mol. The third kappa shape index (κ3) is 2.84. The van der Waals surface area contributed by atoms with E-state index >= 15 is 0 Å². The molecule has 1 amide bonds. The predicted molar refractivity (Wildman–Crippen MR) is 83.4 cm³/mol. The summed E-state index contributed by atoms with van der Waals surface area (Å²) in [6, 6.07) is 9.74. The van der Waals surface area contributed by atoms with Crippen molar-refractivity contribution in [2.75, 3.05) is 19.6 Å². The first-order chi connectivity index (χ1) is 9.32. The molecule has 0 saturated carbocycles. The molecule has 20 heavy (non-hydrogen) atoms. The molecule has 0 aromatic heterocycles. The molecular formula is C16H23ClN2O. The quantitative estimate of drug-likeness (QED) is 0.864. The number of halogens is 1. The number of hydrogen-bond donors (Lipinski definition) is 1. The Bertz CT molecular complexity index is 435. The lowest BCUT2D eigenvalue weighted by molar-refractivity contribution is 0.0182. The van der Waals surface area contributed by atoms with Gasteiger partial charge in [0, 0.05) is 17.6 Å². The van der Waals surface area contributed by atoms with E-state index in [2.05, 4.69) is 10.2 Å². The lowest BCUT2D eigenvalue weighted by atomic mass is 9.78. The monoisotopic (exact) mass is 294 g/mol. The summed E-state index contributed by atoms with van der Waals surface area (Å²) in [5.74, 6) is 0.224. The van der Waals surface area contributed by atoms with Gasteiger partial charge in [0.05, 0.1) is 0 Å². The lowest BCUT2D eigenvalue weighted by Crippen LogP contribution is -2.58. The molecule has 1 spiro atoms. The summed E-state index contributed by atoms with van der Waals surface area (Å²) < 4.78 is 0. The van der Waals surface area contributed by atoms with Gasteiger partial charge in [0.25, 0.3) is 5.91 Å². The first kappa shape index (κ1) is 15.3. The molecule has 1 N–H and O–H groups in total. The standard InChI is InChI=1S/C16H22N2O.ClH/c19-15(14-6-2-1-3-7-14)18-13-5-4-8-16(18)9-11-17-12-10-16;/h1-3,6-7,17H,4-5,8-13H2;1H. The summed E-state index contributed by atoms with van der Waals surface area (Å²) in [6.45, 7) is 3.00. The first-order valence-electron chi connectivity index (χ1n) is 7.40. The Labute approximate surface area is 127 Å². The van der Waals surface area contributed by atoms with Crippen LogP contribution < -0.4 is 5.32 Å². The van der Waals surface area contributed by atoms with Gasteiger partial charge >= 0.3 is 0 Å². The van der Waals surface area contributed by atoms with Gasteiger partial charge < -0.3 is 10.2 Å². The van der Waals surface area contributed by atoms with Gasteiger partial charge in [0.15, 0.2) is 0 Å². The van der Waals surface area contributed by atoms with E-state index in [0.717, 1.165) is 44.5 Å². The van der Waals surface area contributed by atoms with Crippen LogP contribution in [-0.2, 0) is 0 Å². The summed E-state index contributed by atoms with van der Waals surface area (Å²) in [6.07, 6.45) is 5.79. The SMILES string of the molecule is Cl.O=C(c1ccccc1)N1CCCCC12CCNCC2. The second-order valence-electron chi connectivity index (χ2n) is 5.75. The van der Waals surface area contributed by atoms with Crippen LogP contribution >= 0.6 is 12.4 Å². The molecule has 0 atom stereocenters. The molecule has 4 heteroatoms. The minimum absolute atomic E-state index is 0. The maximum Gasteiger partial charge on any atom is 0.254 e. The average molecular weight is 295 g/mol. The van der Waals surface area contributed by atoms with Crippen molar-refractivity contribution in [3.8, 4) is 0 Å². The Morgan fingerprint density at radius 1 is 1.05 bits per heavy atom. The molecule has 3 nitrogen and oxygen atoms in total. The van der Waals surface area contributed by atoms with Crippen LogP contribution in [-0.4, -0.2) is 36.0 Å². The van der Waals surface area contributed by atoms with Crippen LogP contribution in [0.15, 0.2) is 30.3 Å². The Morgan fingerprint density at radius 3 is 2.45 bits per heavy atom. The highest BCUT2D eigenvalue weighted by atomic mass is 35.5. The average Bonchev–Trinajstić information content (AvgIpc) is 2.49. The molecule has 2 heterocycles.